The van der Waals surface area contributed by atoms with E-state index in [2.05, 4.69) is 53.4 Å². The minimum absolute atomic E-state index is 0.299. The van der Waals surface area contributed by atoms with Crippen LogP contribution in [0.15, 0.2) is 48.5 Å². The summed E-state index contributed by atoms with van der Waals surface area (Å²) in [6, 6.07) is 16.5. The summed E-state index contributed by atoms with van der Waals surface area (Å²) < 4.78 is 0. The maximum absolute atomic E-state index is 5.82. The van der Waals surface area contributed by atoms with Crippen LogP contribution in [0.3, 0.4) is 0 Å². The van der Waals surface area contributed by atoms with Crippen molar-refractivity contribution in [2.75, 3.05) is 11.1 Å². The van der Waals surface area contributed by atoms with E-state index in [0.717, 1.165) is 27.8 Å². The molecule has 0 fully saturated rings. The number of hydrogen-bond donors (Lipinski definition) is 2. The first-order valence-corrected chi connectivity index (χ1v) is 7.03. The lowest BCUT2D eigenvalue weighted by molar-refractivity contribution is 0.900. The third kappa shape index (κ3) is 2.79. The predicted molar refractivity (Wildman–Crippen MR) is 88.1 cm³/mol. The highest BCUT2D eigenvalue weighted by Gasteiger charge is 2.08. The molecule has 1 aromatic heterocycles. The molecule has 2 aromatic carbocycles. The molecule has 3 aromatic rings. The van der Waals surface area contributed by atoms with Gasteiger partial charge in [-0.1, -0.05) is 30.3 Å². The van der Waals surface area contributed by atoms with Gasteiger partial charge >= 0.3 is 0 Å². The van der Waals surface area contributed by atoms with Crippen molar-refractivity contribution >= 4 is 22.5 Å². The fourth-order valence-corrected chi connectivity index (χ4v) is 2.37. The van der Waals surface area contributed by atoms with Gasteiger partial charge in [-0.15, -0.1) is 0 Å². The molecule has 21 heavy (non-hydrogen) atoms. The SMILES string of the molecule is CC(C)Nc1ccc(-c2nc(N)nc3ccccc23)cc1. The smallest absolute Gasteiger partial charge is 0.221 e. The molecule has 0 spiro atoms. The largest absolute Gasteiger partial charge is 0.383 e. The van der Waals surface area contributed by atoms with E-state index >= 15 is 0 Å². The zero-order valence-electron chi connectivity index (χ0n) is 12.2. The number of rotatable bonds is 3. The molecule has 0 unspecified atom stereocenters. The molecule has 106 valence electrons. The molecule has 0 atom stereocenters. The van der Waals surface area contributed by atoms with E-state index in [1.165, 1.54) is 0 Å². The second-order valence-corrected chi connectivity index (χ2v) is 5.32. The lowest BCUT2D eigenvalue weighted by Gasteiger charge is -2.11. The van der Waals surface area contributed by atoms with Crippen molar-refractivity contribution in [1.29, 1.82) is 0 Å². The minimum Gasteiger partial charge on any atom is -0.383 e. The van der Waals surface area contributed by atoms with Crippen LogP contribution in [-0.4, -0.2) is 16.0 Å². The zero-order valence-corrected chi connectivity index (χ0v) is 12.2. The number of nitrogens with one attached hydrogen (secondary N) is 1. The Morgan fingerprint density at radius 2 is 1.67 bits per heavy atom. The number of aromatic nitrogens is 2. The summed E-state index contributed by atoms with van der Waals surface area (Å²) in [6.45, 7) is 4.24. The van der Waals surface area contributed by atoms with Crippen LogP contribution in [0.1, 0.15) is 13.8 Å². The zero-order chi connectivity index (χ0) is 14.8. The van der Waals surface area contributed by atoms with Crippen molar-refractivity contribution < 1.29 is 0 Å². The highest BCUT2D eigenvalue weighted by molar-refractivity contribution is 5.93. The van der Waals surface area contributed by atoms with Crippen LogP contribution in [-0.2, 0) is 0 Å². The topological polar surface area (TPSA) is 63.8 Å². The molecule has 0 amide bonds. The predicted octanol–water partition coefficient (Wildman–Crippen LogP) is 3.70. The third-order valence-corrected chi connectivity index (χ3v) is 3.23. The number of benzene rings is 2. The summed E-state index contributed by atoms with van der Waals surface area (Å²) in [6.07, 6.45) is 0. The summed E-state index contributed by atoms with van der Waals surface area (Å²) >= 11 is 0. The van der Waals surface area contributed by atoms with Crippen LogP contribution in [0.4, 0.5) is 11.6 Å². The molecular weight excluding hydrogens is 260 g/mol. The van der Waals surface area contributed by atoms with Crippen molar-refractivity contribution in [1.82, 2.24) is 9.97 Å². The Balaban J connectivity index is 2.07. The lowest BCUT2D eigenvalue weighted by Crippen LogP contribution is -2.09. The van der Waals surface area contributed by atoms with E-state index in [1.54, 1.807) is 0 Å². The Bertz CT molecular complexity index is 763. The Kier molecular flexibility index (Phi) is 3.44. The average molecular weight is 278 g/mol. The van der Waals surface area contributed by atoms with E-state index in [9.17, 15) is 0 Å². The van der Waals surface area contributed by atoms with Crippen molar-refractivity contribution in [3.8, 4) is 11.3 Å². The Hall–Kier alpha value is -2.62. The van der Waals surface area contributed by atoms with E-state index in [0.29, 0.717) is 12.0 Å². The number of para-hydroxylation sites is 1. The molecule has 0 saturated heterocycles. The van der Waals surface area contributed by atoms with Gasteiger partial charge in [-0.25, -0.2) is 9.97 Å². The standard InChI is InChI=1S/C17H18N4/c1-11(2)19-13-9-7-12(8-10-13)16-14-5-3-4-6-15(14)20-17(18)21-16/h3-11,19H,1-2H3,(H2,18,20,21). The maximum Gasteiger partial charge on any atom is 0.221 e. The van der Waals surface area contributed by atoms with Crippen LogP contribution >= 0.6 is 0 Å². The highest BCUT2D eigenvalue weighted by Crippen LogP contribution is 2.27. The number of nitrogens with zero attached hydrogens (tertiary/aromatic N) is 2. The molecule has 4 nitrogen and oxygen atoms in total. The minimum atomic E-state index is 0.299. The molecule has 3 rings (SSSR count). The third-order valence-electron chi connectivity index (χ3n) is 3.23. The van der Waals surface area contributed by atoms with Gasteiger partial charge in [0.15, 0.2) is 0 Å². The summed E-state index contributed by atoms with van der Waals surface area (Å²) in [7, 11) is 0. The van der Waals surface area contributed by atoms with Gasteiger partial charge < -0.3 is 11.1 Å². The fourth-order valence-electron chi connectivity index (χ4n) is 2.37. The maximum atomic E-state index is 5.82. The second kappa shape index (κ2) is 5.40. The van der Waals surface area contributed by atoms with Gasteiger partial charge in [-0.2, -0.15) is 0 Å². The van der Waals surface area contributed by atoms with Crippen LogP contribution in [0.2, 0.25) is 0 Å². The molecule has 0 saturated carbocycles. The number of nitrogen functional groups attached to an aromatic ring is 1. The summed E-state index contributed by atoms with van der Waals surface area (Å²) in [5.41, 5.74) is 9.69. The van der Waals surface area contributed by atoms with Gasteiger partial charge in [0.1, 0.15) is 0 Å². The number of fused-ring (bicyclic) bond motifs is 1. The first-order chi connectivity index (χ1) is 10.1. The van der Waals surface area contributed by atoms with E-state index < -0.39 is 0 Å². The molecule has 4 heteroatoms. The van der Waals surface area contributed by atoms with Crippen LogP contribution < -0.4 is 11.1 Å². The number of hydrogen-bond acceptors (Lipinski definition) is 4. The van der Waals surface area contributed by atoms with Gasteiger partial charge in [-0.05, 0) is 32.0 Å². The Morgan fingerprint density at radius 1 is 0.952 bits per heavy atom. The normalized spacial score (nSPS) is 11.0. The molecule has 0 radical (unpaired) electrons. The van der Waals surface area contributed by atoms with Gasteiger partial charge in [0.05, 0.1) is 11.2 Å². The van der Waals surface area contributed by atoms with Gasteiger partial charge in [-0.3, -0.25) is 0 Å². The summed E-state index contributed by atoms with van der Waals surface area (Å²) in [5, 5.41) is 4.38. The second-order valence-electron chi connectivity index (χ2n) is 5.32. The van der Waals surface area contributed by atoms with Crippen molar-refractivity contribution in [2.45, 2.75) is 19.9 Å². The van der Waals surface area contributed by atoms with E-state index in [4.69, 9.17) is 5.73 Å². The van der Waals surface area contributed by atoms with E-state index in [-0.39, 0.29) is 0 Å². The molecule has 0 aliphatic heterocycles. The molecule has 0 bridgehead atoms. The fraction of sp³-hybridized carbons (Fsp3) is 0.176. The first-order valence-electron chi connectivity index (χ1n) is 7.03. The lowest BCUT2D eigenvalue weighted by atomic mass is 10.1. The molecule has 0 aliphatic rings. The summed E-state index contributed by atoms with van der Waals surface area (Å²) in [5.74, 6) is 0.299. The molecule has 1 heterocycles. The number of anilines is 2. The number of nitrogens with two attached hydrogens (primary N) is 1. The van der Waals surface area contributed by atoms with Crippen LogP contribution in [0, 0.1) is 0 Å². The Labute approximate surface area is 124 Å². The summed E-state index contributed by atoms with van der Waals surface area (Å²) in [4.78, 5) is 8.68. The molecule has 0 aliphatic carbocycles. The first kappa shape index (κ1) is 13.4. The van der Waals surface area contributed by atoms with Crippen molar-refractivity contribution in [3.63, 3.8) is 0 Å². The van der Waals surface area contributed by atoms with Gasteiger partial charge in [0.25, 0.3) is 0 Å². The van der Waals surface area contributed by atoms with Crippen LogP contribution in [0.25, 0.3) is 22.2 Å². The van der Waals surface area contributed by atoms with Gasteiger partial charge in [0, 0.05) is 22.7 Å². The Morgan fingerprint density at radius 3 is 2.38 bits per heavy atom. The average Bonchev–Trinajstić information content (AvgIpc) is 2.46. The van der Waals surface area contributed by atoms with Crippen LogP contribution in [0.5, 0.6) is 0 Å². The molecular formula is C17H18N4. The molecule has 3 N–H and O–H groups in total. The highest BCUT2D eigenvalue weighted by atomic mass is 15.0. The van der Waals surface area contributed by atoms with E-state index in [1.807, 2.05) is 24.3 Å². The monoisotopic (exact) mass is 278 g/mol. The van der Waals surface area contributed by atoms with Crippen molar-refractivity contribution in [3.05, 3.63) is 48.5 Å². The van der Waals surface area contributed by atoms with Gasteiger partial charge in [0.2, 0.25) is 5.95 Å². The van der Waals surface area contributed by atoms with Crippen molar-refractivity contribution in [2.24, 2.45) is 0 Å². The quantitative estimate of drug-likeness (QED) is 0.766.